The number of carbonyl (C=O) groups excluding carboxylic acids is 3. The Hall–Kier alpha value is -2.91. The third-order valence-electron chi connectivity index (χ3n) is 8.58. The molecule has 1 aromatic carbocycles. The molecule has 5 rings (SSSR count). The predicted molar refractivity (Wildman–Crippen MR) is 146 cm³/mol. The van der Waals surface area contributed by atoms with Gasteiger partial charge in [-0.1, -0.05) is 24.6 Å². The van der Waals surface area contributed by atoms with E-state index >= 15 is 0 Å². The smallest absolute Gasteiger partial charge is 0.324 e. The van der Waals surface area contributed by atoms with Gasteiger partial charge in [-0.15, -0.1) is 0 Å². The van der Waals surface area contributed by atoms with Gasteiger partial charge >= 0.3 is 6.03 Å². The first kappa shape index (κ1) is 26.7. The maximum absolute atomic E-state index is 13.5. The van der Waals surface area contributed by atoms with Gasteiger partial charge in [-0.3, -0.25) is 14.5 Å². The van der Waals surface area contributed by atoms with Crippen molar-refractivity contribution in [3.63, 3.8) is 0 Å². The van der Waals surface area contributed by atoms with Gasteiger partial charge in [-0.05, 0) is 69.2 Å². The summed E-state index contributed by atoms with van der Waals surface area (Å²) < 4.78 is 5.24. The number of benzene rings is 1. The van der Waals surface area contributed by atoms with Crippen molar-refractivity contribution in [2.75, 3.05) is 46.4 Å². The predicted octanol–water partition coefficient (Wildman–Crippen LogP) is 3.15. The van der Waals surface area contributed by atoms with E-state index < -0.39 is 12.1 Å². The molecule has 2 aromatic rings. The van der Waals surface area contributed by atoms with Crippen molar-refractivity contribution in [1.29, 1.82) is 0 Å². The van der Waals surface area contributed by atoms with Crippen LogP contribution in [0.4, 0.5) is 4.79 Å². The van der Waals surface area contributed by atoms with Crippen molar-refractivity contribution in [3.05, 3.63) is 36.0 Å². The number of carbonyl (C=O) groups is 3. The van der Waals surface area contributed by atoms with Crippen LogP contribution in [0.3, 0.4) is 0 Å². The fourth-order valence-electron chi connectivity index (χ4n) is 6.59. The number of para-hydroxylation sites is 1. The number of aromatic nitrogens is 1. The van der Waals surface area contributed by atoms with Crippen LogP contribution in [0.15, 0.2) is 30.5 Å². The maximum Gasteiger partial charge on any atom is 0.324 e. The van der Waals surface area contributed by atoms with Gasteiger partial charge in [0, 0.05) is 56.5 Å². The number of hydrogen-bond donors (Lipinski definition) is 2. The lowest BCUT2D eigenvalue weighted by molar-refractivity contribution is -0.136. The van der Waals surface area contributed by atoms with Gasteiger partial charge in [-0.25, -0.2) is 4.79 Å². The molecule has 3 fully saturated rings. The molecule has 2 N–H and O–H groups in total. The molecule has 9 nitrogen and oxygen atoms in total. The minimum atomic E-state index is -0.805. The standard InChI is InChI=1S/C29H41N5O4/c1-38-17-7-15-33(20-22-8-6-14-32-13-5-4-11-26(22)32)27(35)18-25-28(36)34(29(37)31-25)16-12-21-19-30-24-10-3-2-9-23(21)24/h2-3,9-10,19,22,25-26,30H,4-8,11-18,20H2,1H3,(H,31,37)/t22-,25+,26-/m0/s1. The van der Waals surface area contributed by atoms with Gasteiger partial charge in [0.05, 0.1) is 6.42 Å². The SMILES string of the molecule is COCCCN(C[C@@H]1CCCN2CCCC[C@@H]12)C(=O)C[C@H]1NC(=O)N(CCc2c[nH]c3ccccc23)C1=O. The average Bonchev–Trinajstić information content (AvgIpc) is 3.46. The number of hydrogen-bond acceptors (Lipinski definition) is 5. The summed E-state index contributed by atoms with van der Waals surface area (Å²) in [4.78, 5) is 48.4. The number of rotatable bonds is 11. The van der Waals surface area contributed by atoms with Crippen molar-refractivity contribution in [2.24, 2.45) is 5.92 Å². The second-order valence-electron chi connectivity index (χ2n) is 11.0. The topological polar surface area (TPSA) is 98.0 Å². The number of fused-ring (bicyclic) bond motifs is 2. The van der Waals surface area contributed by atoms with E-state index in [1.165, 1.54) is 30.6 Å². The minimum Gasteiger partial charge on any atom is -0.385 e. The fraction of sp³-hybridized carbons (Fsp3) is 0.621. The first-order valence-electron chi connectivity index (χ1n) is 14.2. The highest BCUT2D eigenvalue weighted by molar-refractivity contribution is 6.05. The van der Waals surface area contributed by atoms with Gasteiger partial charge in [0.1, 0.15) is 6.04 Å². The number of urea groups is 1. The van der Waals surface area contributed by atoms with Crippen LogP contribution in [0.2, 0.25) is 0 Å². The number of H-pyrrole nitrogens is 1. The second-order valence-corrected chi connectivity index (χ2v) is 11.0. The van der Waals surface area contributed by atoms with Crippen LogP contribution in [0, 0.1) is 5.92 Å². The molecule has 1 aromatic heterocycles. The molecule has 0 radical (unpaired) electrons. The summed E-state index contributed by atoms with van der Waals surface area (Å²) in [5.74, 6) is 0.0828. The fourth-order valence-corrected chi connectivity index (χ4v) is 6.59. The van der Waals surface area contributed by atoms with Crippen molar-refractivity contribution < 1.29 is 19.1 Å². The molecule has 3 aliphatic rings. The number of nitrogens with one attached hydrogen (secondary N) is 2. The molecule has 0 unspecified atom stereocenters. The van der Waals surface area contributed by atoms with E-state index in [0.717, 1.165) is 42.4 Å². The van der Waals surface area contributed by atoms with E-state index in [0.29, 0.717) is 38.1 Å². The van der Waals surface area contributed by atoms with Gasteiger partial charge in [0.2, 0.25) is 5.91 Å². The highest BCUT2D eigenvalue weighted by atomic mass is 16.5. The van der Waals surface area contributed by atoms with E-state index in [-0.39, 0.29) is 24.8 Å². The first-order chi connectivity index (χ1) is 18.5. The quantitative estimate of drug-likeness (QED) is 0.348. The monoisotopic (exact) mass is 523 g/mol. The summed E-state index contributed by atoms with van der Waals surface area (Å²) in [6, 6.07) is 7.32. The molecule has 3 saturated heterocycles. The second kappa shape index (κ2) is 12.3. The van der Waals surface area contributed by atoms with Crippen LogP contribution in [-0.2, 0) is 20.7 Å². The Balaban J connectivity index is 1.20. The normalized spacial score (nSPS) is 24.0. The molecule has 0 saturated carbocycles. The average molecular weight is 524 g/mol. The van der Waals surface area contributed by atoms with Crippen LogP contribution in [0.25, 0.3) is 10.9 Å². The third kappa shape index (κ3) is 5.89. The summed E-state index contributed by atoms with van der Waals surface area (Å²) in [5.41, 5.74) is 2.10. The zero-order valence-electron chi connectivity index (χ0n) is 22.5. The lowest BCUT2D eigenvalue weighted by Gasteiger charge is -2.45. The van der Waals surface area contributed by atoms with Gasteiger partial charge < -0.3 is 24.8 Å². The van der Waals surface area contributed by atoms with E-state index in [4.69, 9.17) is 4.74 Å². The molecule has 9 heteroatoms. The summed E-state index contributed by atoms with van der Waals surface area (Å²) in [6.45, 7) is 4.52. The maximum atomic E-state index is 13.5. The molecule has 0 bridgehead atoms. The lowest BCUT2D eigenvalue weighted by Crippen LogP contribution is -2.52. The first-order valence-corrected chi connectivity index (χ1v) is 14.2. The largest absolute Gasteiger partial charge is 0.385 e. The van der Waals surface area contributed by atoms with Crippen LogP contribution in [0.5, 0.6) is 0 Å². The molecule has 0 aliphatic carbocycles. The summed E-state index contributed by atoms with van der Waals surface area (Å²) in [5, 5.41) is 3.87. The Morgan fingerprint density at radius 1 is 1.13 bits per heavy atom. The number of imide groups is 1. The van der Waals surface area contributed by atoms with E-state index in [2.05, 4.69) is 15.2 Å². The van der Waals surface area contributed by atoms with Crippen molar-refractivity contribution in [1.82, 2.24) is 25.0 Å². The van der Waals surface area contributed by atoms with E-state index in [1.54, 1.807) is 7.11 Å². The van der Waals surface area contributed by atoms with Gasteiger partial charge in [0.25, 0.3) is 5.91 Å². The number of amides is 4. The highest BCUT2D eigenvalue weighted by Crippen LogP contribution is 2.31. The number of piperidine rings is 2. The zero-order valence-corrected chi connectivity index (χ0v) is 22.5. The molecule has 0 spiro atoms. The molecule has 4 amide bonds. The third-order valence-corrected chi connectivity index (χ3v) is 8.58. The summed E-state index contributed by atoms with van der Waals surface area (Å²) in [7, 11) is 1.67. The highest BCUT2D eigenvalue weighted by Gasteiger charge is 2.40. The Bertz CT molecular complexity index is 1130. The van der Waals surface area contributed by atoms with Crippen LogP contribution >= 0.6 is 0 Å². The molecular formula is C29H41N5O4. The van der Waals surface area contributed by atoms with Crippen molar-refractivity contribution >= 4 is 28.7 Å². The molecule has 3 atom stereocenters. The Morgan fingerprint density at radius 2 is 1.97 bits per heavy atom. The number of nitrogens with zero attached hydrogens (tertiary/aromatic N) is 3. The van der Waals surface area contributed by atoms with Gasteiger partial charge in [0.15, 0.2) is 0 Å². The molecule has 4 heterocycles. The molecular weight excluding hydrogens is 482 g/mol. The number of aromatic amines is 1. The molecule has 206 valence electrons. The van der Waals surface area contributed by atoms with Crippen LogP contribution < -0.4 is 5.32 Å². The molecule has 38 heavy (non-hydrogen) atoms. The van der Waals surface area contributed by atoms with Gasteiger partial charge in [-0.2, -0.15) is 0 Å². The zero-order chi connectivity index (χ0) is 26.5. The van der Waals surface area contributed by atoms with E-state index in [9.17, 15) is 14.4 Å². The van der Waals surface area contributed by atoms with E-state index in [1.807, 2.05) is 35.4 Å². The van der Waals surface area contributed by atoms with Crippen LogP contribution in [0.1, 0.15) is 50.5 Å². The number of methoxy groups -OCH3 is 1. The minimum absolute atomic E-state index is 0.00222. The van der Waals surface area contributed by atoms with Crippen LogP contribution in [-0.4, -0.2) is 96.1 Å². The van der Waals surface area contributed by atoms with Crippen molar-refractivity contribution in [3.8, 4) is 0 Å². The Morgan fingerprint density at radius 3 is 2.84 bits per heavy atom. The Kier molecular flexibility index (Phi) is 8.64. The number of ether oxygens (including phenoxy) is 1. The Labute approximate surface area is 224 Å². The molecule has 3 aliphatic heterocycles. The summed E-state index contributed by atoms with van der Waals surface area (Å²) >= 11 is 0. The summed E-state index contributed by atoms with van der Waals surface area (Å²) in [6.07, 6.45) is 9.28. The van der Waals surface area contributed by atoms with Crippen molar-refractivity contribution in [2.45, 2.75) is 63.5 Å². The lowest BCUT2D eigenvalue weighted by atomic mass is 9.83.